The number of carbonyl (C=O) groups is 2. The third kappa shape index (κ3) is 3.95. The number of benzene rings is 1. The third-order valence-corrected chi connectivity index (χ3v) is 5.56. The highest BCUT2D eigenvalue weighted by atomic mass is 19.1. The normalized spacial score (nSPS) is 17.2. The molecule has 0 bridgehead atoms. The van der Waals surface area contributed by atoms with Crippen molar-refractivity contribution in [3.05, 3.63) is 34.4 Å². The Labute approximate surface area is 171 Å². The van der Waals surface area contributed by atoms with Gasteiger partial charge in [-0.1, -0.05) is 0 Å². The number of likely N-dealkylation sites (N-methyl/N-ethyl adjacent to an activating group) is 1. The van der Waals surface area contributed by atoms with Crippen molar-refractivity contribution in [1.82, 2.24) is 14.8 Å². The van der Waals surface area contributed by atoms with E-state index in [9.17, 15) is 18.8 Å². The van der Waals surface area contributed by atoms with Crippen LogP contribution in [0.1, 0.15) is 18.9 Å². The van der Waals surface area contributed by atoms with Crippen LogP contribution in [0, 0.1) is 5.82 Å². The number of ether oxygens (including phenoxy) is 1. The molecule has 1 aromatic carbocycles. The Balaban J connectivity index is 1.67. The number of pyridine rings is 1. The van der Waals surface area contributed by atoms with Crippen LogP contribution in [0.2, 0.25) is 0 Å². The molecule has 4 rings (SSSR count). The first-order valence-electron chi connectivity index (χ1n) is 9.84. The Hall–Kier alpha value is -3.14. The van der Waals surface area contributed by atoms with Crippen molar-refractivity contribution in [3.63, 3.8) is 0 Å². The van der Waals surface area contributed by atoms with E-state index in [1.54, 1.807) is 17.7 Å². The van der Waals surface area contributed by atoms with E-state index in [1.807, 2.05) is 9.80 Å². The van der Waals surface area contributed by atoms with E-state index in [1.165, 1.54) is 6.20 Å². The highest BCUT2D eigenvalue weighted by Crippen LogP contribution is 2.39. The fraction of sp³-hybridized carbons (Fsp3) is 0.450. The number of piperazine rings is 1. The van der Waals surface area contributed by atoms with E-state index in [-0.39, 0.29) is 23.1 Å². The van der Waals surface area contributed by atoms with Crippen LogP contribution in [0.4, 0.5) is 14.9 Å². The topological polar surface area (TPSA) is 104 Å². The van der Waals surface area contributed by atoms with Crippen LogP contribution in [0.5, 0.6) is 5.75 Å². The Morgan fingerprint density at radius 3 is 2.53 bits per heavy atom. The second-order valence-electron chi connectivity index (χ2n) is 7.59. The maximum absolute atomic E-state index is 15.0. The summed E-state index contributed by atoms with van der Waals surface area (Å²) in [5, 5.41) is 11.6. The molecular weight excluding hydrogens is 395 g/mol. The van der Waals surface area contributed by atoms with Gasteiger partial charge in [0.1, 0.15) is 5.82 Å². The third-order valence-electron chi connectivity index (χ3n) is 5.56. The smallest absolute Gasteiger partial charge is 0.449 e. The molecule has 10 heteroatoms. The summed E-state index contributed by atoms with van der Waals surface area (Å²) < 4.78 is 21.4. The number of fused-ring (bicyclic) bond motifs is 1. The lowest BCUT2D eigenvalue weighted by Crippen LogP contribution is -2.49. The Morgan fingerprint density at radius 1 is 1.23 bits per heavy atom. The van der Waals surface area contributed by atoms with E-state index in [0.717, 1.165) is 18.9 Å². The van der Waals surface area contributed by atoms with E-state index in [4.69, 9.17) is 5.11 Å². The van der Waals surface area contributed by atoms with Gasteiger partial charge in [0.15, 0.2) is 5.75 Å². The first-order valence-corrected chi connectivity index (χ1v) is 9.84. The number of halogens is 1. The molecule has 0 atom stereocenters. The molecule has 9 nitrogen and oxygen atoms in total. The molecule has 2 N–H and O–H groups in total. The van der Waals surface area contributed by atoms with Crippen LogP contribution in [0.15, 0.2) is 23.1 Å². The quantitative estimate of drug-likeness (QED) is 0.708. The molecule has 30 heavy (non-hydrogen) atoms. The monoisotopic (exact) mass is 418 g/mol. The molecule has 1 saturated carbocycles. The number of anilines is 1. The number of hydrogen-bond donors (Lipinski definition) is 2. The van der Waals surface area contributed by atoms with Crippen molar-refractivity contribution in [2.24, 2.45) is 0 Å². The van der Waals surface area contributed by atoms with E-state index >= 15 is 0 Å². The summed E-state index contributed by atoms with van der Waals surface area (Å²) in [4.78, 5) is 39.0. The molecule has 1 saturated heterocycles. The molecule has 1 aromatic heterocycles. The van der Waals surface area contributed by atoms with Crippen LogP contribution < -0.4 is 20.4 Å². The van der Waals surface area contributed by atoms with Gasteiger partial charge in [-0.05, 0) is 25.0 Å². The molecule has 1 aliphatic heterocycles. The second kappa shape index (κ2) is 7.94. The summed E-state index contributed by atoms with van der Waals surface area (Å²) in [6.07, 6.45) is 1.62. The predicted octanol–water partition coefficient (Wildman–Crippen LogP) is 1.40. The minimum absolute atomic E-state index is 0.0619. The first-order chi connectivity index (χ1) is 14.4. The van der Waals surface area contributed by atoms with Gasteiger partial charge < -0.3 is 24.6 Å². The van der Waals surface area contributed by atoms with Crippen LogP contribution >= 0.6 is 0 Å². The second-order valence-corrected chi connectivity index (χ2v) is 7.59. The fourth-order valence-electron chi connectivity index (χ4n) is 3.83. The molecular formula is C20H23FN4O5. The van der Waals surface area contributed by atoms with Gasteiger partial charge in [-0.15, -0.1) is 0 Å². The van der Waals surface area contributed by atoms with Crippen molar-refractivity contribution >= 4 is 28.7 Å². The van der Waals surface area contributed by atoms with Crippen molar-refractivity contribution in [2.45, 2.75) is 18.9 Å². The van der Waals surface area contributed by atoms with Crippen LogP contribution in [0.25, 0.3) is 10.9 Å². The predicted molar refractivity (Wildman–Crippen MR) is 108 cm³/mol. The molecule has 2 fully saturated rings. The lowest BCUT2D eigenvalue weighted by atomic mass is 10.1. The van der Waals surface area contributed by atoms with E-state index in [2.05, 4.69) is 10.1 Å². The summed E-state index contributed by atoms with van der Waals surface area (Å²) in [7, 11) is 1.59. The zero-order chi connectivity index (χ0) is 21.4. The highest BCUT2D eigenvalue weighted by Gasteiger charge is 2.28. The lowest BCUT2D eigenvalue weighted by molar-refractivity contribution is -0.121. The summed E-state index contributed by atoms with van der Waals surface area (Å²) in [5.74, 6) is -0.931. The molecule has 1 aliphatic carbocycles. The maximum atomic E-state index is 15.0. The number of carbonyl (C=O) groups excluding carboxylic acids is 1. The van der Waals surface area contributed by atoms with E-state index < -0.39 is 17.4 Å². The molecule has 1 amide bonds. The molecule has 2 aromatic rings. The standard InChI is InChI=1S/C20H23FN4O5/c1-22-18(26)11-23-4-6-24(7-5-23)16-9-15-13(8-14(16)21)19(27)17(30-20(28)29)10-25(15)12-2-3-12/h8-10,12H,2-7,11H2,1H3,(H,22,26)(H,28,29). The fourth-order valence-corrected chi connectivity index (χ4v) is 3.83. The van der Waals surface area contributed by atoms with Gasteiger partial charge in [-0.2, -0.15) is 0 Å². The zero-order valence-electron chi connectivity index (χ0n) is 16.6. The molecule has 2 aliphatic rings. The van der Waals surface area contributed by atoms with Crippen LogP contribution in [-0.2, 0) is 4.79 Å². The minimum Gasteiger partial charge on any atom is -0.449 e. The van der Waals surface area contributed by atoms with Gasteiger partial charge in [0.05, 0.1) is 29.3 Å². The zero-order valence-corrected chi connectivity index (χ0v) is 16.6. The van der Waals surface area contributed by atoms with Gasteiger partial charge in [-0.25, -0.2) is 9.18 Å². The molecule has 0 unspecified atom stereocenters. The Bertz CT molecular complexity index is 1060. The van der Waals surface area contributed by atoms with Gasteiger partial charge in [-0.3, -0.25) is 14.5 Å². The van der Waals surface area contributed by atoms with E-state index in [0.29, 0.717) is 43.9 Å². The molecule has 0 spiro atoms. The van der Waals surface area contributed by atoms with Crippen LogP contribution in [-0.4, -0.2) is 66.4 Å². The minimum atomic E-state index is -1.58. The number of nitrogens with zero attached hydrogens (tertiary/aromatic N) is 3. The summed E-state index contributed by atoms with van der Waals surface area (Å²) in [6.45, 7) is 2.64. The number of amides is 1. The number of nitrogens with one attached hydrogen (secondary N) is 1. The van der Waals surface area contributed by atoms with Crippen molar-refractivity contribution in [2.75, 3.05) is 44.7 Å². The summed E-state index contributed by atoms with van der Waals surface area (Å²) >= 11 is 0. The van der Waals surface area contributed by atoms with Gasteiger partial charge >= 0.3 is 6.16 Å². The number of carboxylic acid groups (broad SMARTS) is 1. The average molecular weight is 418 g/mol. The largest absolute Gasteiger partial charge is 0.511 e. The molecule has 160 valence electrons. The Kier molecular flexibility index (Phi) is 5.33. The number of aromatic nitrogens is 1. The van der Waals surface area contributed by atoms with Crippen LogP contribution in [0.3, 0.4) is 0 Å². The van der Waals surface area contributed by atoms with Crippen molar-refractivity contribution in [1.29, 1.82) is 0 Å². The lowest BCUT2D eigenvalue weighted by Gasteiger charge is -2.36. The molecule has 2 heterocycles. The van der Waals surface area contributed by atoms with Gasteiger partial charge in [0, 0.05) is 39.3 Å². The summed E-state index contributed by atoms with van der Waals surface area (Å²) in [5.41, 5.74) is 0.303. The number of hydrogen-bond acceptors (Lipinski definition) is 6. The SMILES string of the molecule is CNC(=O)CN1CCN(c2cc3c(cc2F)c(=O)c(OC(=O)O)cn3C2CC2)CC1. The number of rotatable bonds is 5. The first kappa shape index (κ1) is 20.1. The van der Waals surface area contributed by atoms with Gasteiger partial charge in [0.25, 0.3) is 0 Å². The average Bonchev–Trinajstić information content (AvgIpc) is 3.55. The Morgan fingerprint density at radius 2 is 1.93 bits per heavy atom. The van der Waals surface area contributed by atoms with Gasteiger partial charge in [0.2, 0.25) is 11.3 Å². The maximum Gasteiger partial charge on any atom is 0.511 e. The highest BCUT2D eigenvalue weighted by molar-refractivity contribution is 5.85. The van der Waals surface area contributed by atoms with Crippen molar-refractivity contribution < 1.29 is 23.8 Å². The molecule has 0 radical (unpaired) electrons. The summed E-state index contributed by atoms with van der Waals surface area (Å²) in [6, 6.07) is 2.95. The van der Waals surface area contributed by atoms with Crippen molar-refractivity contribution in [3.8, 4) is 5.75 Å².